The molecule has 0 spiro atoms. The Labute approximate surface area is 175 Å². The lowest BCUT2D eigenvalue weighted by Gasteiger charge is -2.09. The van der Waals surface area contributed by atoms with E-state index in [1.165, 1.54) is 18.2 Å². The predicted molar refractivity (Wildman–Crippen MR) is 114 cm³/mol. The molecule has 0 saturated carbocycles. The first-order chi connectivity index (χ1) is 14.1. The van der Waals surface area contributed by atoms with Gasteiger partial charge in [0.1, 0.15) is 6.61 Å². The Kier molecular flexibility index (Phi) is 22.7. The minimum Gasteiger partial charge on any atom is -0.504 e. The van der Waals surface area contributed by atoms with E-state index in [9.17, 15) is 9.90 Å². The maximum absolute atomic E-state index is 11.0. The van der Waals surface area contributed by atoms with Gasteiger partial charge in [-0.3, -0.25) is 4.79 Å². The average Bonchev–Trinajstić information content (AvgIpc) is 2.75. The van der Waals surface area contributed by atoms with Crippen LogP contribution in [-0.4, -0.2) is 71.0 Å². The summed E-state index contributed by atoms with van der Waals surface area (Å²) >= 11 is 0. The molecule has 8 nitrogen and oxygen atoms in total. The van der Waals surface area contributed by atoms with Crippen molar-refractivity contribution in [1.29, 1.82) is 0 Å². The summed E-state index contributed by atoms with van der Waals surface area (Å²) in [5, 5.41) is 9.72. The summed E-state index contributed by atoms with van der Waals surface area (Å²) in [6, 6.07) is 4.25. The average molecular weight is 418 g/mol. The van der Waals surface area contributed by atoms with Gasteiger partial charge in [-0.2, -0.15) is 0 Å². The molecule has 1 amide bonds. The molecule has 0 fully saturated rings. The number of rotatable bonds is 15. The third kappa shape index (κ3) is 16.8. The van der Waals surface area contributed by atoms with Crippen molar-refractivity contribution in [3.05, 3.63) is 23.8 Å². The van der Waals surface area contributed by atoms with Gasteiger partial charge in [0, 0.05) is 25.9 Å². The fraction of sp³-hybridized carbons (Fsp3) is 0.667. The number of ether oxygens (including phenoxy) is 5. The first-order valence-corrected chi connectivity index (χ1v) is 10.1. The molecule has 0 atom stereocenters. The number of methoxy groups -OCH3 is 1. The zero-order valence-electron chi connectivity index (χ0n) is 18.6. The molecule has 0 aliphatic heterocycles. The third-order valence-corrected chi connectivity index (χ3v) is 3.11. The number of hydrogen-bond acceptors (Lipinski definition) is 7. The first kappa shape index (κ1) is 29.3. The van der Waals surface area contributed by atoms with Crippen LogP contribution in [0.4, 0.5) is 0 Å². The van der Waals surface area contributed by atoms with E-state index in [4.69, 9.17) is 29.4 Å². The highest BCUT2D eigenvalue weighted by Crippen LogP contribution is 2.26. The molecule has 0 aliphatic rings. The van der Waals surface area contributed by atoms with Crippen LogP contribution in [0.25, 0.3) is 0 Å². The second-order valence-electron chi connectivity index (χ2n) is 5.08. The van der Waals surface area contributed by atoms with Gasteiger partial charge in [0.25, 0.3) is 0 Å². The highest BCUT2D eigenvalue weighted by Gasteiger charge is 2.07. The Balaban J connectivity index is 0. The molecular weight excluding hydrogens is 378 g/mol. The number of benzene rings is 1. The number of carbonyl (C=O) groups excluding carboxylic acids is 1. The predicted octanol–water partition coefficient (Wildman–Crippen LogP) is 3.01. The summed E-state index contributed by atoms with van der Waals surface area (Å²) in [4.78, 5) is 11.0. The second kappa shape index (κ2) is 22.4. The molecule has 0 heterocycles. The minimum absolute atomic E-state index is 0.134. The summed E-state index contributed by atoms with van der Waals surface area (Å²) in [6.07, 6.45) is 0.875. The lowest BCUT2D eigenvalue weighted by molar-refractivity contribution is 0.00658. The topological polar surface area (TPSA) is 109 Å². The van der Waals surface area contributed by atoms with E-state index in [0.717, 1.165) is 6.42 Å². The fourth-order valence-corrected chi connectivity index (χ4v) is 1.85. The monoisotopic (exact) mass is 417 g/mol. The Hall–Kier alpha value is -1.87. The maximum Gasteiger partial charge on any atom is 0.248 e. The number of carbonyl (C=O) groups is 1. The van der Waals surface area contributed by atoms with Crippen LogP contribution in [0.15, 0.2) is 18.2 Å². The minimum atomic E-state index is -0.606. The lowest BCUT2D eigenvalue weighted by Crippen LogP contribution is -2.13. The smallest absolute Gasteiger partial charge is 0.248 e. The van der Waals surface area contributed by atoms with Crippen LogP contribution in [0, 0.1) is 0 Å². The number of aromatic hydroxyl groups is 1. The van der Waals surface area contributed by atoms with Crippen LogP contribution in [0.2, 0.25) is 0 Å². The van der Waals surface area contributed by atoms with Gasteiger partial charge < -0.3 is 34.5 Å². The number of amides is 1. The molecule has 0 aliphatic carbocycles. The Bertz CT molecular complexity index is 498. The van der Waals surface area contributed by atoms with Gasteiger partial charge in [-0.25, -0.2) is 0 Å². The first-order valence-electron chi connectivity index (χ1n) is 10.1. The van der Waals surface area contributed by atoms with Crippen molar-refractivity contribution < 1.29 is 33.6 Å². The molecule has 1 rings (SSSR count). The van der Waals surface area contributed by atoms with Crippen LogP contribution in [0.3, 0.4) is 0 Å². The molecule has 0 unspecified atom stereocenters. The Morgan fingerprint density at radius 3 is 1.86 bits per heavy atom. The highest BCUT2D eigenvalue weighted by molar-refractivity contribution is 5.93. The zero-order valence-corrected chi connectivity index (χ0v) is 18.6. The van der Waals surface area contributed by atoms with Crippen LogP contribution < -0.4 is 10.5 Å². The van der Waals surface area contributed by atoms with Gasteiger partial charge >= 0.3 is 0 Å². The van der Waals surface area contributed by atoms with E-state index in [1.54, 1.807) is 7.11 Å². The molecule has 1 aromatic carbocycles. The maximum atomic E-state index is 11.0. The molecule has 0 saturated heterocycles. The number of phenolic OH excluding ortho intramolecular Hbond substituents is 1. The molecule has 0 bridgehead atoms. The SMILES string of the molecule is CC.CC.COCCCOCCOCCOCCOc1ccc(C(N)=O)cc1O. The largest absolute Gasteiger partial charge is 0.504 e. The van der Waals surface area contributed by atoms with Crippen molar-refractivity contribution in [2.45, 2.75) is 34.1 Å². The van der Waals surface area contributed by atoms with E-state index < -0.39 is 5.91 Å². The third-order valence-electron chi connectivity index (χ3n) is 3.11. The summed E-state index contributed by atoms with van der Waals surface area (Å²) in [7, 11) is 1.66. The van der Waals surface area contributed by atoms with E-state index >= 15 is 0 Å². The number of nitrogens with two attached hydrogens (primary N) is 1. The summed E-state index contributed by atoms with van der Waals surface area (Å²) in [5.41, 5.74) is 5.35. The summed E-state index contributed by atoms with van der Waals surface area (Å²) < 4.78 is 26.3. The molecule has 0 radical (unpaired) electrons. The molecule has 8 heteroatoms. The van der Waals surface area contributed by atoms with E-state index in [0.29, 0.717) is 46.2 Å². The molecule has 1 aromatic rings. The van der Waals surface area contributed by atoms with Gasteiger partial charge in [-0.15, -0.1) is 0 Å². The standard InChI is InChI=1S/C17H27NO7.2C2H6/c1-21-5-2-6-22-7-8-23-9-10-24-11-12-25-16-4-3-14(17(18)20)13-15(16)19;2*1-2/h3-4,13,19H,2,5-12H2,1H3,(H2,18,20);2*1-2H3. The van der Waals surface area contributed by atoms with Crippen molar-refractivity contribution >= 4 is 5.91 Å². The normalized spacial score (nSPS) is 9.69. The molecular formula is C21H39NO7. The van der Waals surface area contributed by atoms with Crippen molar-refractivity contribution in [2.75, 3.05) is 60.0 Å². The Morgan fingerprint density at radius 2 is 1.38 bits per heavy atom. The van der Waals surface area contributed by atoms with Crippen LogP contribution in [0.5, 0.6) is 11.5 Å². The van der Waals surface area contributed by atoms with Gasteiger partial charge in [0.15, 0.2) is 11.5 Å². The molecule has 3 N–H and O–H groups in total. The molecule has 29 heavy (non-hydrogen) atoms. The Morgan fingerprint density at radius 1 is 0.862 bits per heavy atom. The van der Waals surface area contributed by atoms with Gasteiger partial charge in [-0.1, -0.05) is 27.7 Å². The number of hydrogen-bond donors (Lipinski definition) is 2. The van der Waals surface area contributed by atoms with Crippen molar-refractivity contribution in [3.8, 4) is 11.5 Å². The van der Waals surface area contributed by atoms with Crippen molar-refractivity contribution in [2.24, 2.45) is 5.73 Å². The van der Waals surface area contributed by atoms with E-state index in [-0.39, 0.29) is 23.7 Å². The van der Waals surface area contributed by atoms with Gasteiger partial charge in [0.2, 0.25) is 5.91 Å². The van der Waals surface area contributed by atoms with Gasteiger partial charge in [-0.05, 0) is 24.6 Å². The lowest BCUT2D eigenvalue weighted by atomic mass is 10.2. The molecule has 0 aromatic heterocycles. The van der Waals surface area contributed by atoms with Crippen LogP contribution >= 0.6 is 0 Å². The number of primary amides is 1. The second-order valence-corrected chi connectivity index (χ2v) is 5.08. The van der Waals surface area contributed by atoms with E-state index in [2.05, 4.69) is 0 Å². The van der Waals surface area contributed by atoms with Crippen LogP contribution in [-0.2, 0) is 18.9 Å². The number of phenols is 1. The fourth-order valence-electron chi connectivity index (χ4n) is 1.85. The van der Waals surface area contributed by atoms with Crippen LogP contribution in [0.1, 0.15) is 44.5 Å². The quantitative estimate of drug-likeness (QED) is 0.422. The zero-order chi connectivity index (χ0) is 22.3. The molecule has 170 valence electrons. The summed E-state index contributed by atoms with van der Waals surface area (Å²) in [6.45, 7) is 12.0. The van der Waals surface area contributed by atoms with Gasteiger partial charge in [0.05, 0.1) is 33.0 Å². The van der Waals surface area contributed by atoms with Crippen molar-refractivity contribution in [3.63, 3.8) is 0 Å². The highest BCUT2D eigenvalue weighted by atomic mass is 16.6. The van der Waals surface area contributed by atoms with Crippen molar-refractivity contribution in [1.82, 2.24) is 0 Å². The van der Waals surface area contributed by atoms with E-state index in [1.807, 2.05) is 27.7 Å². The summed E-state index contributed by atoms with van der Waals surface area (Å²) in [5.74, 6) is -0.467.